The van der Waals surface area contributed by atoms with Gasteiger partial charge in [-0.15, -0.1) is 0 Å². The Bertz CT molecular complexity index is 508. The van der Waals surface area contributed by atoms with Gasteiger partial charge in [0.25, 0.3) is 0 Å². The number of hydrogen-bond donors (Lipinski definition) is 1. The van der Waals surface area contributed by atoms with Gasteiger partial charge in [0, 0.05) is 11.6 Å². The van der Waals surface area contributed by atoms with Crippen LogP contribution in [0.1, 0.15) is 43.7 Å². The molecule has 1 N–H and O–H groups in total. The minimum absolute atomic E-state index is 0.504. The van der Waals surface area contributed by atoms with E-state index in [2.05, 4.69) is 17.9 Å². The number of carbonyl (C=O) groups is 1. The third-order valence-corrected chi connectivity index (χ3v) is 5.05. The predicted molar refractivity (Wildman–Crippen MR) is 85.7 cm³/mol. The zero-order chi connectivity index (χ0) is 15.5. The lowest BCUT2D eigenvalue weighted by atomic mass is 9.75. The largest absolute Gasteiger partial charge is 0.481 e. The van der Waals surface area contributed by atoms with Crippen molar-refractivity contribution in [3.63, 3.8) is 0 Å². The van der Waals surface area contributed by atoms with Crippen LogP contribution in [0.3, 0.4) is 0 Å². The first-order valence-corrected chi connectivity index (χ1v) is 8.05. The summed E-state index contributed by atoms with van der Waals surface area (Å²) >= 11 is 6.16. The number of nitrogens with zero attached hydrogens (tertiary/aromatic N) is 1. The van der Waals surface area contributed by atoms with Gasteiger partial charge in [-0.25, -0.2) is 0 Å². The Kier molecular flexibility index (Phi) is 5.28. The Morgan fingerprint density at radius 1 is 1.38 bits per heavy atom. The van der Waals surface area contributed by atoms with Crippen LogP contribution in [0.2, 0.25) is 5.02 Å². The number of carboxylic acid groups (broad SMARTS) is 1. The van der Waals surface area contributed by atoms with E-state index in [0.29, 0.717) is 0 Å². The zero-order valence-electron chi connectivity index (χ0n) is 12.9. The first-order chi connectivity index (χ1) is 9.97. The number of aryl methyl sites for hydroxylation is 1. The second kappa shape index (κ2) is 6.80. The molecule has 21 heavy (non-hydrogen) atoms. The van der Waals surface area contributed by atoms with Crippen LogP contribution in [0.15, 0.2) is 18.2 Å². The monoisotopic (exact) mass is 309 g/mol. The van der Waals surface area contributed by atoms with E-state index in [4.69, 9.17) is 11.6 Å². The molecule has 1 aliphatic rings. The highest BCUT2D eigenvalue weighted by Gasteiger charge is 2.40. The number of benzene rings is 1. The van der Waals surface area contributed by atoms with Gasteiger partial charge in [-0.2, -0.15) is 0 Å². The Morgan fingerprint density at radius 2 is 2.05 bits per heavy atom. The minimum atomic E-state index is -0.623. The molecule has 0 aliphatic carbocycles. The lowest BCUT2D eigenvalue weighted by Crippen LogP contribution is -2.44. The molecule has 0 spiro atoms. The van der Waals surface area contributed by atoms with E-state index >= 15 is 0 Å². The quantitative estimate of drug-likeness (QED) is 0.889. The summed E-state index contributed by atoms with van der Waals surface area (Å²) in [4.78, 5) is 13.9. The third kappa shape index (κ3) is 3.78. The fourth-order valence-corrected chi connectivity index (χ4v) is 3.38. The molecule has 2 rings (SSSR count). The van der Waals surface area contributed by atoms with E-state index < -0.39 is 11.4 Å². The number of likely N-dealkylation sites (tertiary alicyclic amines) is 1. The van der Waals surface area contributed by atoms with Gasteiger partial charge in [0.2, 0.25) is 0 Å². The number of halogens is 1. The fraction of sp³-hybridized carbons (Fsp3) is 0.588. The van der Waals surface area contributed by atoms with Crippen molar-refractivity contribution in [1.29, 1.82) is 0 Å². The molecule has 1 aromatic carbocycles. The molecule has 1 aromatic rings. The molecule has 1 fully saturated rings. The summed E-state index contributed by atoms with van der Waals surface area (Å²) in [6.45, 7) is 6.60. The zero-order valence-corrected chi connectivity index (χ0v) is 13.6. The topological polar surface area (TPSA) is 40.5 Å². The van der Waals surface area contributed by atoms with Crippen LogP contribution >= 0.6 is 11.6 Å². The highest BCUT2D eigenvalue weighted by molar-refractivity contribution is 6.31. The van der Waals surface area contributed by atoms with Gasteiger partial charge in [0.1, 0.15) is 0 Å². The standard InChI is InChI=1S/C17H24ClNO2/c1-3-6-17(16(20)21)7-9-19(10-8-17)12-14-5-4-13(2)15(18)11-14/h4-5,11H,3,6-10,12H2,1-2H3,(H,20,21). The van der Waals surface area contributed by atoms with Crippen LogP contribution in [-0.4, -0.2) is 29.1 Å². The number of rotatable bonds is 5. The fourth-order valence-electron chi connectivity index (χ4n) is 3.18. The Morgan fingerprint density at radius 3 is 2.57 bits per heavy atom. The van der Waals surface area contributed by atoms with Gasteiger partial charge in [-0.05, 0) is 56.5 Å². The first kappa shape index (κ1) is 16.3. The van der Waals surface area contributed by atoms with Crippen molar-refractivity contribution in [2.24, 2.45) is 5.41 Å². The van der Waals surface area contributed by atoms with Gasteiger partial charge in [0.05, 0.1) is 5.41 Å². The average Bonchev–Trinajstić information content (AvgIpc) is 2.45. The third-order valence-electron chi connectivity index (χ3n) is 4.64. The summed E-state index contributed by atoms with van der Waals surface area (Å²) in [6.07, 6.45) is 3.21. The van der Waals surface area contributed by atoms with Crippen molar-refractivity contribution in [3.8, 4) is 0 Å². The normalized spacial score (nSPS) is 18.6. The van der Waals surface area contributed by atoms with Gasteiger partial charge >= 0.3 is 5.97 Å². The summed E-state index contributed by atoms with van der Waals surface area (Å²) in [5.74, 6) is -0.623. The molecule has 1 heterocycles. The number of piperidine rings is 1. The molecule has 1 saturated heterocycles. The maximum atomic E-state index is 11.6. The lowest BCUT2D eigenvalue weighted by molar-refractivity contribution is -0.152. The summed E-state index contributed by atoms with van der Waals surface area (Å²) in [5, 5.41) is 10.3. The maximum Gasteiger partial charge on any atom is 0.309 e. The molecule has 0 atom stereocenters. The molecular formula is C17H24ClNO2. The average molecular weight is 310 g/mol. The van der Waals surface area contributed by atoms with Crippen molar-refractivity contribution >= 4 is 17.6 Å². The van der Waals surface area contributed by atoms with Crippen molar-refractivity contribution in [1.82, 2.24) is 4.90 Å². The molecule has 0 saturated carbocycles. The van der Waals surface area contributed by atoms with Crippen molar-refractivity contribution in [3.05, 3.63) is 34.3 Å². The number of carboxylic acids is 1. The molecule has 0 unspecified atom stereocenters. The molecule has 0 radical (unpaired) electrons. The highest BCUT2D eigenvalue weighted by atomic mass is 35.5. The van der Waals surface area contributed by atoms with Gasteiger partial charge < -0.3 is 5.11 Å². The van der Waals surface area contributed by atoms with Crippen LogP contribution in [0.5, 0.6) is 0 Å². The van der Waals surface area contributed by atoms with Crippen LogP contribution < -0.4 is 0 Å². The van der Waals surface area contributed by atoms with E-state index in [1.807, 2.05) is 19.1 Å². The van der Waals surface area contributed by atoms with Crippen molar-refractivity contribution < 1.29 is 9.90 Å². The lowest BCUT2D eigenvalue weighted by Gasteiger charge is -2.39. The second-order valence-electron chi connectivity index (χ2n) is 6.20. The molecule has 4 heteroatoms. The van der Waals surface area contributed by atoms with Crippen molar-refractivity contribution in [2.45, 2.75) is 46.1 Å². The molecule has 1 aliphatic heterocycles. The maximum absolute atomic E-state index is 11.6. The van der Waals surface area contributed by atoms with Gasteiger partial charge in [-0.1, -0.05) is 37.1 Å². The van der Waals surface area contributed by atoms with Crippen LogP contribution in [0.4, 0.5) is 0 Å². The van der Waals surface area contributed by atoms with E-state index in [-0.39, 0.29) is 0 Å². The number of aliphatic carboxylic acids is 1. The first-order valence-electron chi connectivity index (χ1n) is 7.67. The van der Waals surface area contributed by atoms with Crippen LogP contribution in [0, 0.1) is 12.3 Å². The SMILES string of the molecule is CCCC1(C(=O)O)CCN(Cc2ccc(C)c(Cl)c2)CC1. The number of hydrogen-bond acceptors (Lipinski definition) is 2. The van der Waals surface area contributed by atoms with E-state index in [1.165, 1.54) is 5.56 Å². The van der Waals surface area contributed by atoms with E-state index in [9.17, 15) is 9.90 Å². The molecule has 0 amide bonds. The Labute approximate surface area is 131 Å². The molecule has 0 bridgehead atoms. The Balaban J connectivity index is 1.97. The van der Waals surface area contributed by atoms with E-state index in [1.54, 1.807) is 0 Å². The second-order valence-corrected chi connectivity index (χ2v) is 6.60. The van der Waals surface area contributed by atoms with Crippen LogP contribution in [0.25, 0.3) is 0 Å². The van der Waals surface area contributed by atoms with Gasteiger partial charge in [-0.3, -0.25) is 9.69 Å². The molecular weight excluding hydrogens is 286 g/mol. The minimum Gasteiger partial charge on any atom is -0.481 e. The Hall–Kier alpha value is -1.06. The predicted octanol–water partition coefficient (Wildman–Crippen LogP) is 4.12. The summed E-state index contributed by atoms with van der Waals surface area (Å²) in [7, 11) is 0. The summed E-state index contributed by atoms with van der Waals surface area (Å²) < 4.78 is 0. The highest BCUT2D eigenvalue weighted by Crippen LogP contribution is 2.37. The molecule has 0 aromatic heterocycles. The summed E-state index contributed by atoms with van der Waals surface area (Å²) in [5.41, 5.74) is 1.78. The van der Waals surface area contributed by atoms with E-state index in [0.717, 1.165) is 55.9 Å². The van der Waals surface area contributed by atoms with Gasteiger partial charge in [0.15, 0.2) is 0 Å². The van der Waals surface area contributed by atoms with Crippen molar-refractivity contribution in [2.75, 3.05) is 13.1 Å². The summed E-state index contributed by atoms with van der Waals surface area (Å²) in [6, 6.07) is 6.16. The van der Waals surface area contributed by atoms with Crippen LogP contribution in [-0.2, 0) is 11.3 Å². The smallest absolute Gasteiger partial charge is 0.309 e. The molecule has 3 nitrogen and oxygen atoms in total. The molecule has 116 valence electrons.